The van der Waals surface area contributed by atoms with E-state index >= 15 is 0 Å². The zero-order valence-corrected chi connectivity index (χ0v) is 11.3. The van der Waals surface area contributed by atoms with Crippen LogP contribution in [0.15, 0.2) is 30.3 Å². The fourth-order valence-corrected chi connectivity index (χ4v) is 1.75. The van der Waals surface area contributed by atoms with Gasteiger partial charge in [-0.1, -0.05) is 12.1 Å². The van der Waals surface area contributed by atoms with Crippen molar-refractivity contribution in [3.63, 3.8) is 0 Å². The van der Waals surface area contributed by atoms with Crippen LogP contribution in [0.1, 0.15) is 11.3 Å². The van der Waals surface area contributed by atoms with Gasteiger partial charge in [-0.2, -0.15) is 5.10 Å². The van der Waals surface area contributed by atoms with Crippen LogP contribution in [0.25, 0.3) is 0 Å². The predicted octanol–water partition coefficient (Wildman–Crippen LogP) is 1.65. The highest BCUT2D eigenvalue weighted by Gasteiger charge is 2.02. The van der Waals surface area contributed by atoms with Crippen LogP contribution in [0.5, 0.6) is 11.6 Å². The Bertz CT molecular complexity index is 520. The molecule has 0 aliphatic carbocycles. The van der Waals surface area contributed by atoms with Crippen LogP contribution in [0.4, 0.5) is 0 Å². The Morgan fingerprint density at radius 2 is 1.84 bits per heavy atom. The third kappa shape index (κ3) is 3.72. The number of nitrogens with zero attached hydrogens (tertiary/aromatic N) is 2. The highest BCUT2D eigenvalue weighted by Crippen LogP contribution is 2.13. The number of rotatable bonds is 6. The largest absolute Gasteiger partial charge is 0.490 e. The van der Waals surface area contributed by atoms with E-state index in [-0.39, 0.29) is 0 Å². The van der Waals surface area contributed by atoms with E-state index in [1.54, 1.807) is 4.68 Å². The monoisotopic (exact) mass is 261 g/mol. The minimum absolute atomic E-state index is 0.484. The van der Waals surface area contributed by atoms with Crippen molar-refractivity contribution in [2.75, 3.05) is 13.2 Å². The molecule has 1 aromatic carbocycles. The summed E-state index contributed by atoms with van der Waals surface area (Å²) in [4.78, 5) is 0. The summed E-state index contributed by atoms with van der Waals surface area (Å²) in [5.74, 6) is 1.57. The molecule has 5 heteroatoms. The van der Waals surface area contributed by atoms with Crippen LogP contribution in [-0.2, 0) is 13.6 Å². The van der Waals surface area contributed by atoms with Gasteiger partial charge in [0.25, 0.3) is 0 Å². The van der Waals surface area contributed by atoms with Crippen molar-refractivity contribution >= 4 is 0 Å². The predicted molar refractivity (Wildman–Crippen MR) is 73.3 cm³/mol. The number of nitrogens with two attached hydrogens (primary N) is 1. The molecule has 1 heterocycles. The number of aryl methyl sites for hydroxylation is 2. The van der Waals surface area contributed by atoms with Gasteiger partial charge in [-0.15, -0.1) is 0 Å². The summed E-state index contributed by atoms with van der Waals surface area (Å²) in [6, 6.07) is 9.64. The summed E-state index contributed by atoms with van der Waals surface area (Å²) in [7, 11) is 1.86. The maximum Gasteiger partial charge on any atom is 0.211 e. The lowest BCUT2D eigenvalue weighted by Crippen LogP contribution is -2.10. The van der Waals surface area contributed by atoms with Gasteiger partial charge in [0, 0.05) is 19.7 Å². The number of aromatic nitrogens is 2. The second-order valence-electron chi connectivity index (χ2n) is 4.29. The van der Waals surface area contributed by atoms with Crippen molar-refractivity contribution in [1.29, 1.82) is 0 Å². The summed E-state index contributed by atoms with van der Waals surface area (Å²) < 4.78 is 12.9. The Balaban J connectivity index is 1.75. The smallest absolute Gasteiger partial charge is 0.211 e. The fourth-order valence-electron chi connectivity index (χ4n) is 1.75. The first-order chi connectivity index (χ1) is 9.19. The maximum absolute atomic E-state index is 5.58. The summed E-state index contributed by atoms with van der Waals surface area (Å²) in [5.41, 5.74) is 7.57. The minimum Gasteiger partial charge on any atom is -0.490 e. The lowest BCUT2D eigenvalue weighted by Gasteiger charge is -2.08. The van der Waals surface area contributed by atoms with Crippen molar-refractivity contribution in [3.8, 4) is 11.6 Å². The van der Waals surface area contributed by atoms with Crippen molar-refractivity contribution < 1.29 is 9.47 Å². The van der Waals surface area contributed by atoms with E-state index in [1.165, 1.54) is 0 Å². The Labute approximate surface area is 112 Å². The molecular weight excluding hydrogens is 242 g/mol. The first-order valence-corrected chi connectivity index (χ1v) is 6.24. The fraction of sp³-hybridized carbons (Fsp3) is 0.357. The van der Waals surface area contributed by atoms with Crippen molar-refractivity contribution in [2.24, 2.45) is 12.8 Å². The highest BCUT2D eigenvalue weighted by atomic mass is 16.5. The molecule has 2 rings (SSSR count). The zero-order chi connectivity index (χ0) is 13.7. The van der Waals surface area contributed by atoms with Gasteiger partial charge in [-0.25, -0.2) is 4.68 Å². The van der Waals surface area contributed by atoms with E-state index in [9.17, 15) is 0 Å². The molecule has 0 radical (unpaired) electrons. The van der Waals surface area contributed by atoms with Gasteiger partial charge in [0.1, 0.15) is 19.0 Å². The molecule has 0 bridgehead atoms. The van der Waals surface area contributed by atoms with E-state index in [0.29, 0.717) is 19.8 Å². The molecule has 1 aromatic heterocycles. The molecule has 0 spiro atoms. The summed E-state index contributed by atoms with van der Waals surface area (Å²) in [6.07, 6.45) is 0. The molecule has 0 unspecified atom stereocenters. The normalized spacial score (nSPS) is 10.5. The number of hydrogen-bond acceptors (Lipinski definition) is 4. The van der Waals surface area contributed by atoms with Crippen molar-refractivity contribution in [3.05, 3.63) is 41.6 Å². The van der Waals surface area contributed by atoms with Crippen LogP contribution in [0.3, 0.4) is 0 Å². The molecule has 0 aliphatic rings. The number of benzene rings is 1. The quantitative estimate of drug-likeness (QED) is 0.803. The number of ether oxygens (including phenoxy) is 2. The molecule has 2 aromatic rings. The van der Waals surface area contributed by atoms with E-state index < -0.39 is 0 Å². The average molecular weight is 261 g/mol. The second kappa shape index (κ2) is 6.24. The molecule has 0 fully saturated rings. The third-order valence-corrected chi connectivity index (χ3v) is 2.72. The van der Waals surface area contributed by atoms with Crippen LogP contribution < -0.4 is 15.2 Å². The Kier molecular flexibility index (Phi) is 4.41. The Morgan fingerprint density at radius 3 is 2.42 bits per heavy atom. The van der Waals surface area contributed by atoms with Gasteiger partial charge in [0.05, 0.1) is 5.69 Å². The molecule has 2 N–H and O–H groups in total. The van der Waals surface area contributed by atoms with Gasteiger partial charge >= 0.3 is 0 Å². The van der Waals surface area contributed by atoms with E-state index in [1.807, 2.05) is 44.3 Å². The summed E-state index contributed by atoms with van der Waals surface area (Å²) in [5, 5.41) is 4.21. The van der Waals surface area contributed by atoms with Crippen LogP contribution >= 0.6 is 0 Å². The maximum atomic E-state index is 5.58. The molecule has 102 valence electrons. The third-order valence-electron chi connectivity index (χ3n) is 2.72. The lowest BCUT2D eigenvalue weighted by atomic mass is 10.2. The first kappa shape index (κ1) is 13.4. The van der Waals surface area contributed by atoms with Gasteiger partial charge in [-0.05, 0) is 24.6 Å². The Hall–Kier alpha value is -2.01. The van der Waals surface area contributed by atoms with Gasteiger partial charge in [0.15, 0.2) is 0 Å². The van der Waals surface area contributed by atoms with Crippen LogP contribution in [0, 0.1) is 6.92 Å². The molecule has 0 atom stereocenters. The number of hydrogen-bond donors (Lipinski definition) is 1. The first-order valence-electron chi connectivity index (χ1n) is 6.24. The molecular formula is C14H19N3O2. The standard InChI is InChI=1S/C14H19N3O2/c1-11-9-14(17(2)16-11)19-8-7-18-13-5-3-12(10-15)4-6-13/h3-6,9H,7-8,10,15H2,1-2H3. The Morgan fingerprint density at radius 1 is 1.16 bits per heavy atom. The van der Waals surface area contributed by atoms with Crippen molar-refractivity contribution in [1.82, 2.24) is 9.78 Å². The van der Waals surface area contributed by atoms with E-state index in [0.717, 1.165) is 22.9 Å². The summed E-state index contributed by atoms with van der Waals surface area (Å²) >= 11 is 0. The van der Waals surface area contributed by atoms with E-state index in [2.05, 4.69) is 5.10 Å². The van der Waals surface area contributed by atoms with Gasteiger partial charge in [0.2, 0.25) is 5.88 Å². The molecule has 0 amide bonds. The van der Waals surface area contributed by atoms with Gasteiger partial charge in [-0.3, -0.25) is 0 Å². The topological polar surface area (TPSA) is 62.3 Å². The molecule has 0 saturated carbocycles. The van der Waals surface area contributed by atoms with Crippen molar-refractivity contribution in [2.45, 2.75) is 13.5 Å². The lowest BCUT2D eigenvalue weighted by molar-refractivity contribution is 0.206. The highest BCUT2D eigenvalue weighted by molar-refractivity contribution is 5.27. The average Bonchev–Trinajstić information content (AvgIpc) is 2.74. The van der Waals surface area contributed by atoms with E-state index in [4.69, 9.17) is 15.2 Å². The van der Waals surface area contributed by atoms with Crippen LogP contribution in [0.2, 0.25) is 0 Å². The SMILES string of the molecule is Cc1cc(OCCOc2ccc(CN)cc2)n(C)n1. The zero-order valence-electron chi connectivity index (χ0n) is 11.3. The molecule has 5 nitrogen and oxygen atoms in total. The summed E-state index contributed by atoms with van der Waals surface area (Å²) in [6.45, 7) is 3.45. The van der Waals surface area contributed by atoms with Crippen LogP contribution in [-0.4, -0.2) is 23.0 Å². The second-order valence-corrected chi connectivity index (χ2v) is 4.29. The minimum atomic E-state index is 0.484. The van der Waals surface area contributed by atoms with Gasteiger partial charge < -0.3 is 15.2 Å². The molecule has 19 heavy (non-hydrogen) atoms. The molecule has 0 aliphatic heterocycles. The molecule has 0 saturated heterocycles.